The van der Waals surface area contributed by atoms with Gasteiger partial charge in [0.05, 0.1) is 0 Å². The van der Waals surface area contributed by atoms with Gasteiger partial charge in [-0.15, -0.1) is 6.58 Å². The van der Waals surface area contributed by atoms with Crippen LogP contribution in [0, 0.1) is 11.8 Å². The third kappa shape index (κ3) is 4.52. The molecule has 0 aromatic carbocycles. The summed E-state index contributed by atoms with van der Waals surface area (Å²) in [6.45, 7) is 11.1. The number of rotatable bonds is 5. The minimum atomic E-state index is 0.104. The molecule has 2 nitrogen and oxygen atoms in total. The molecule has 18 heavy (non-hydrogen) atoms. The van der Waals surface area contributed by atoms with Crippen molar-refractivity contribution in [1.29, 1.82) is 0 Å². The predicted octanol–water partition coefficient (Wildman–Crippen LogP) is 3.57. The fourth-order valence-corrected chi connectivity index (χ4v) is 2.43. The molecule has 0 saturated heterocycles. The lowest BCUT2D eigenvalue weighted by molar-refractivity contribution is -0.127. The van der Waals surface area contributed by atoms with Crippen LogP contribution in [0.5, 0.6) is 0 Å². The van der Waals surface area contributed by atoms with Crippen molar-refractivity contribution in [2.24, 2.45) is 11.8 Å². The van der Waals surface area contributed by atoms with Crippen molar-refractivity contribution in [3.05, 3.63) is 36.5 Å². The van der Waals surface area contributed by atoms with Gasteiger partial charge in [0.25, 0.3) is 0 Å². The van der Waals surface area contributed by atoms with Crippen LogP contribution < -0.4 is 0 Å². The summed E-state index contributed by atoms with van der Waals surface area (Å²) in [6, 6.07) is 0. The highest BCUT2D eigenvalue weighted by Gasteiger charge is 2.17. The Bertz CT molecular complexity index is 354. The number of allylic oxidation sites excluding steroid dienone is 3. The van der Waals surface area contributed by atoms with Gasteiger partial charge in [-0.1, -0.05) is 36.8 Å². The normalized spacial score (nSPS) is 23.8. The van der Waals surface area contributed by atoms with E-state index in [-0.39, 0.29) is 5.91 Å². The largest absolute Gasteiger partial charge is 0.336 e. The Hall–Kier alpha value is -1.31. The average molecular weight is 247 g/mol. The first-order valence-electron chi connectivity index (χ1n) is 6.75. The van der Waals surface area contributed by atoms with Crippen molar-refractivity contribution < 1.29 is 4.79 Å². The van der Waals surface area contributed by atoms with Crippen LogP contribution >= 0.6 is 0 Å². The van der Waals surface area contributed by atoms with Crippen LogP contribution in [0.3, 0.4) is 0 Å². The summed E-state index contributed by atoms with van der Waals surface area (Å²) >= 11 is 0. The second kappa shape index (κ2) is 7.20. The summed E-state index contributed by atoms with van der Waals surface area (Å²) in [4.78, 5) is 13.1. The minimum Gasteiger partial charge on any atom is -0.336 e. The zero-order chi connectivity index (χ0) is 13.5. The predicted molar refractivity (Wildman–Crippen MR) is 77.2 cm³/mol. The number of carbonyl (C=O) groups is 1. The lowest BCUT2D eigenvalue weighted by Gasteiger charge is -2.24. The molecule has 1 aliphatic carbocycles. The molecule has 0 radical (unpaired) electrons. The zero-order valence-corrected chi connectivity index (χ0v) is 11.9. The standard InChI is InChI=1S/C16H25NO/c1-5-10-17(15(4)18)11-6-7-16-9-8-13(2)12-14(16)3/h5-7,12,14,16H,1,8-11H2,2-4H3/b7-6+. The molecule has 0 aliphatic heterocycles. The molecule has 0 aromatic rings. The van der Waals surface area contributed by atoms with Crippen molar-refractivity contribution >= 4 is 5.91 Å². The summed E-state index contributed by atoms with van der Waals surface area (Å²) in [5.41, 5.74) is 1.50. The van der Waals surface area contributed by atoms with Gasteiger partial charge < -0.3 is 4.90 Å². The highest BCUT2D eigenvalue weighted by atomic mass is 16.2. The fourth-order valence-electron chi connectivity index (χ4n) is 2.43. The van der Waals surface area contributed by atoms with Gasteiger partial charge in [0.15, 0.2) is 0 Å². The number of hydrogen-bond donors (Lipinski definition) is 0. The van der Waals surface area contributed by atoms with Gasteiger partial charge in [0.2, 0.25) is 5.91 Å². The van der Waals surface area contributed by atoms with Gasteiger partial charge in [-0.25, -0.2) is 0 Å². The van der Waals surface area contributed by atoms with Crippen LogP contribution in [0.25, 0.3) is 0 Å². The molecule has 0 fully saturated rings. The zero-order valence-electron chi connectivity index (χ0n) is 11.9. The van der Waals surface area contributed by atoms with E-state index in [9.17, 15) is 4.79 Å². The highest BCUT2D eigenvalue weighted by Crippen LogP contribution is 2.29. The SMILES string of the molecule is C=CCN(C/C=C/C1CCC(C)=CC1C)C(C)=O. The number of carbonyl (C=O) groups excluding carboxylic acids is 1. The first-order chi connectivity index (χ1) is 8.54. The van der Waals surface area contributed by atoms with Gasteiger partial charge >= 0.3 is 0 Å². The van der Waals surface area contributed by atoms with Crippen LogP contribution in [0.15, 0.2) is 36.5 Å². The summed E-state index contributed by atoms with van der Waals surface area (Å²) < 4.78 is 0. The van der Waals surface area contributed by atoms with E-state index in [0.29, 0.717) is 24.9 Å². The van der Waals surface area contributed by atoms with Crippen molar-refractivity contribution in [2.75, 3.05) is 13.1 Å². The molecule has 100 valence electrons. The van der Waals surface area contributed by atoms with E-state index in [0.717, 1.165) is 0 Å². The van der Waals surface area contributed by atoms with Gasteiger partial charge in [-0.3, -0.25) is 4.79 Å². The molecule has 1 amide bonds. The van der Waals surface area contributed by atoms with E-state index >= 15 is 0 Å². The van der Waals surface area contributed by atoms with E-state index in [1.165, 1.54) is 18.4 Å². The Morgan fingerprint density at radius 2 is 2.28 bits per heavy atom. The van der Waals surface area contributed by atoms with Crippen LogP contribution in [0.2, 0.25) is 0 Å². The van der Waals surface area contributed by atoms with Crippen molar-refractivity contribution in [3.63, 3.8) is 0 Å². The molecule has 1 aliphatic rings. The lowest BCUT2D eigenvalue weighted by atomic mass is 9.82. The minimum absolute atomic E-state index is 0.104. The second-order valence-electron chi connectivity index (χ2n) is 5.22. The number of nitrogens with zero attached hydrogens (tertiary/aromatic N) is 1. The number of amides is 1. The maximum absolute atomic E-state index is 11.4. The van der Waals surface area contributed by atoms with E-state index in [4.69, 9.17) is 0 Å². The first-order valence-corrected chi connectivity index (χ1v) is 6.75. The summed E-state index contributed by atoms with van der Waals surface area (Å²) in [5.74, 6) is 1.33. The van der Waals surface area contributed by atoms with Crippen LogP contribution in [0.1, 0.15) is 33.6 Å². The van der Waals surface area contributed by atoms with Crippen molar-refractivity contribution in [2.45, 2.75) is 33.6 Å². The molecule has 0 heterocycles. The quantitative estimate of drug-likeness (QED) is 0.680. The van der Waals surface area contributed by atoms with E-state index < -0.39 is 0 Å². The molecule has 2 unspecified atom stereocenters. The van der Waals surface area contributed by atoms with E-state index in [1.807, 2.05) is 0 Å². The second-order valence-corrected chi connectivity index (χ2v) is 5.22. The Morgan fingerprint density at radius 3 is 2.83 bits per heavy atom. The summed E-state index contributed by atoms with van der Waals surface area (Å²) in [5, 5.41) is 0. The summed E-state index contributed by atoms with van der Waals surface area (Å²) in [6.07, 6.45) is 11.0. The molecular weight excluding hydrogens is 222 g/mol. The smallest absolute Gasteiger partial charge is 0.220 e. The Kier molecular flexibility index (Phi) is 5.90. The van der Waals surface area contributed by atoms with Gasteiger partial charge in [0, 0.05) is 20.0 Å². The summed E-state index contributed by atoms with van der Waals surface area (Å²) in [7, 11) is 0. The fraction of sp³-hybridized carbons (Fsp3) is 0.562. The maximum Gasteiger partial charge on any atom is 0.220 e. The third-order valence-corrected chi connectivity index (χ3v) is 3.60. The van der Waals surface area contributed by atoms with Gasteiger partial charge in [0.1, 0.15) is 0 Å². The Morgan fingerprint density at radius 1 is 1.56 bits per heavy atom. The molecule has 0 bridgehead atoms. The Labute approximate surface area is 111 Å². The molecule has 2 atom stereocenters. The molecule has 2 heteroatoms. The van der Waals surface area contributed by atoms with E-state index in [2.05, 4.69) is 38.7 Å². The van der Waals surface area contributed by atoms with Crippen molar-refractivity contribution in [1.82, 2.24) is 4.90 Å². The molecular formula is C16H25NO. The molecule has 0 saturated carbocycles. The van der Waals surface area contributed by atoms with Crippen LogP contribution in [-0.4, -0.2) is 23.9 Å². The molecule has 1 rings (SSSR count). The molecule has 0 N–H and O–H groups in total. The first kappa shape index (κ1) is 14.7. The average Bonchev–Trinajstić information content (AvgIpc) is 2.30. The topological polar surface area (TPSA) is 20.3 Å². The maximum atomic E-state index is 11.4. The van der Waals surface area contributed by atoms with Crippen LogP contribution in [0.4, 0.5) is 0 Å². The molecule has 0 aromatic heterocycles. The van der Waals surface area contributed by atoms with Gasteiger partial charge in [-0.05, 0) is 31.6 Å². The van der Waals surface area contributed by atoms with Crippen molar-refractivity contribution in [3.8, 4) is 0 Å². The monoisotopic (exact) mass is 247 g/mol. The highest BCUT2D eigenvalue weighted by molar-refractivity contribution is 5.73. The molecule has 0 spiro atoms. The van der Waals surface area contributed by atoms with E-state index in [1.54, 1.807) is 17.9 Å². The number of hydrogen-bond acceptors (Lipinski definition) is 1. The lowest BCUT2D eigenvalue weighted by Crippen LogP contribution is -2.29. The van der Waals surface area contributed by atoms with Crippen LogP contribution in [-0.2, 0) is 4.79 Å². The third-order valence-electron chi connectivity index (χ3n) is 3.60. The Balaban J connectivity index is 2.49. The van der Waals surface area contributed by atoms with Gasteiger partial charge in [-0.2, -0.15) is 0 Å².